The fraction of sp³-hybridized carbons (Fsp3) is 0.333. The fourth-order valence-electron chi connectivity index (χ4n) is 1.58. The van der Waals surface area contributed by atoms with Crippen LogP contribution in [0, 0.1) is 16.0 Å². The van der Waals surface area contributed by atoms with Gasteiger partial charge in [-0.05, 0) is 18.1 Å². The van der Waals surface area contributed by atoms with Crippen molar-refractivity contribution < 1.29 is 14.5 Å². The first kappa shape index (κ1) is 15.9. The smallest absolute Gasteiger partial charge is 0.288 e. The minimum Gasteiger partial charge on any atom is -0.368 e. The van der Waals surface area contributed by atoms with Gasteiger partial charge in [0.1, 0.15) is 11.1 Å². The van der Waals surface area contributed by atoms with E-state index in [2.05, 4.69) is 5.32 Å². The van der Waals surface area contributed by atoms with Crippen LogP contribution in [-0.4, -0.2) is 22.8 Å². The van der Waals surface area contributed by atoms with Crippen molar-refractivity contribution in [3.05, 3.63) is 38.9 Å². The molecule has 1 rings (SSSR count). The van der Waals surface area contributed by atoms with E-state index in [0.29, 0.717) is 0 Å². The van der Waals surface area contributed by atoms with Gasteiger partial charge in [0, 0.05) is 11.6 Å². The van der Waals surface area contributed by atoms with Gasteiger partial charge in [-0.25, -0.2) is 0 Å². The molecule has 0 aliphatic heterocycles. The Morgan fingerprint density at radius 2 is 2.00 bits per heavy atom. The Morgan fingerprint density at radius 3 is 2.45 bits per heavy atom. The van der Waals surface area contributed by atoms with Crippen LogP contribution in [0.3, 0.4) is 0 Å². The third-order valence-electron chi connectivity index (χ3n) is 2.66. The average Bonchev–Trinajstić information content (AvgIpc) is 2.34. The zero-order valence-electron chi connectivity index (χ0n) is 10.9. The molecule has 0 aromatic heterocycles. The minimum absolute atomic E-state index is 0.0352. The van der Waals surface area contributed by atoms with Gasteiger partial charge in [-0.2, -0.15) is 0 Å². The van der Waals surface area contributed by atoms with E-state index in [1.54, 1.807) is 13.8 Å². The van der Waals surface area contributed by atoms with E-state index in [4.69, 9.17) is 17.3 Å². The molecule has 2 amide bonds. The highest BCUT2D eigenvalue weighted by molar-refractivity contribution is 6.32. The molecule has 20 heavy (non-hydrogen) atoms. The van der Waals surface area contributed by atoms with E-state index in [0.717, 1.165) is 6.07 Å². The van der Waals surface area contributed by atoms with Crippen molar-refractivity contribution >= 4 is 29.1 Å². The molecule has 3 N–H and O–H groups in total. The number of carbonyl (C=O) groups excluding carboxylic acids is 2. The third kappa shape index (κ3) is 3.67. The highest BCUT2D eigenvalue weighted by Crippen LogP contribution is 2.25. The molecule has 0 spiro atoms. The summed E-state index contributed by atoms with van der Waals surface area (Å²) in [6.07, 6.45) is 0. The number of hydrogen-bond donors (Lipinski definition) is 2. The summed E-state index contributed by atoms with van der Waals surface area (Å²) in [6, 6.07) is 2.79. The van der Waals surface area contributed by atoms with Gasteiger partial charge >= 0.3 is 0 Å². The maximum Gasteiger partial charge on any atom is 0.288 e. The monoisotopic (exact) mass is 299 g/mol. The van der Waals surface area contributed by atoms with Crippen molar-refractivity contribution in [3.63, 3.8) is 0 Å². The van der Waals surface area contributed by atoms with Crippen LogP contribution in [0.1, 0.15) is 24.2 Å². The number of nitro benzene ring substituents is 1. The van der Waals surface area contributed by atoms with Gasteiger partial charge in [-0.3, -0.25) is 19.7 Å². The molecule has 1 aromatic rings. The van der Waals surface area contributed by atoms with Gasteiger partial charge in [0.25, 0.3) is 11.6 Å². The molecule has 1 unspecified atom stereocenters. The molecule has 0 bridgehead atoms. The number of halogens is 1. The fourth-order valence-corrected chi connectivity index (χ4v) is 1.77. The Bertz CT molecular complexity index is 560. The normalized spacial score (nSPS) is 12.0. The summed E-state index contributed by atoms with van der Waals surface area (Å²) in [7, 11) is 0. The number of primary amides is 1. The maximum atomic E-state index is 12.0. The first-order chi connectivity index (χ1) is 9.23. The van der Waals surface area contributed by atoms with Gasteiger partial charge in [0.2, 0.25) is 5.91 Å². The van der Waals surface area contributed by atoms with Crippen LogP contribution in [0.2, 0.25) is 5.02 Å². The third-order valence-corrected chi connectivity index (χ3v) is 2.98. The maximum absolute atomic E-state index is 12.0. The van der Waals surface area contributed by atoms with Crippen LogP contribution in [0.25, 0.3) is 0 Å². The molecular formula is C12H14ClN3O4. The number of nitro groups is 1. The molecular weight excluding hydrogens is 286 g/mol. The predicted octanol–water partition coefficient (Wildman–Crippen LogP) is 1.49. The molecule has 0 fully saturated rings. The number of rotatable bonds is 5. The molecule has 0 radical (unpaired) electrons. The minimum atomic E-state index is -0.850. The molecule has 0 aliphatic carbocycles. The number of nitrogens with two attached hydrogens (primary N) is 1. The summed E-state index contributed by atoms with van der Waals surface area (Å²) < 4.78 is 0. The van der Waals surface area contributed by atoms with Crippen LogP contribution in [0.5, 0.6) is 0 Å². The summed E-state index contributed by atoms with van der Waals surface area (Å²) in [5.74, 6) is -1.49. The van der Waals surface area contributed by atoms with Gasteiger partial charge in [0.05, 0.1) is 4.92 Å². The summed E-state index contributed by atoms with van der Waals surface area (Å²) in [6.45, 7) is 3.44. The zero-order valence-corrected chi connectivity index (χ0v) is 11.7. The lowest BCUT2D eigenvalue weighted by Crippen LogP contribution is -2.47. The molecule has 0 heterocycles. The molecule has 1 aromatic carbocycles. The number of nitrogens with one attached hydrogen (secondary N) is 1. The van der Waals surface area contributed by atoms with Crippen LogP contribution >= 0.6 is 11.6 Å². The van der Waals surface area contributed by atoms with Crippen molar-refractivity contribution in [2.24, 2.45) is 11.7 Å². The van der Waals surface area contributed by atoms with Crippen LogP contribution in [0.4, 0.5) is 5.69 Å². The molecule has 8 heteroatoms. The van der Waals surface area contributed by atoms with Gasteiger partial charge in [-0.1, -0.05) is 25.4 Å². The molecule has 0 aliphatic rings. The Balaban J connectivity index is 3.01. The lowest BCUT2D eigenvalue weighted by atomic mass is 10.0. The Morgan fingerprint density at radius 1 is 1.40 bits per heavy atom. The van der Waals surface area contributed by atoms with Crippen LogP contribution in [-0.2, 0) is 4.79 Å². The predicted molar refractivity (Wildman–Crippen MR) is 73.4 cm³/mol. The summed E-state index contributed by atoms with van der Waals surface area (Å²) >= 11 is 5.66. The van der Waals surface area contributed by atoms with Crippen molar-refractivity contribution in [2.45, 2.75) is 19.9 Å². The highest BCUT2D eigenvalue weighted by Gasteiger charge is 2.23. The van der Waals surface area contributed by atoms with Crippen molar-refractivity contribution in [2.75, 3.05) is 0 Å². The van der Waals surface area contributed by atoms with E-state index in [1.165, 1.54) is 12.1 Å². The second kappa shape index (κ2) is 6.33. The van der Waals surface area contributed by atoms with Crippen molar-refractivity contribution in [1.29, 1.82) is 0 Å². The molecule has 0 saturated carbocycles. The van der Waals surface area contributed by atoms with Crippen LogP contribution in [0.15, 0.2) is 18.2 Å². The second-order valence-electron chi connectivity index (χ2n) is 4.52. The van der Waals surface area contributed by atoms with E-state index >= 15 is 0 Å². The highest BCUT2D eigenvalue weighted by atomic mass is 35.5. The van der Waals surface area contributed by atoms with Crippen molar-refractivity contribution in [1.82, 2.24) is 5.32 Å². The number of hydrogen-bond acceptors (Lipinski definition) is 4. The molecule has 0 saturated heterocycles. The second-order valence-corrected chi connectivity index (χ2v) is 4.93. The van der Waals surface area contributed by atoms with Gasteiger partial charge in [-0.15, -0.1) is 0 Å². The first-order valence-corrected chi connectivity index (χ1v) is 6.16. The summed E-state index contributed by atoms with van der Waals surface area (Å²) in [4.78, 5) is 33.2. The van der Waals surface area contributed by atoms with E-state index in [9.17, 15) is 19.7 Å². The number of benzene rings is 1. The lowest BCUT2D eigenvalue weighted by Gasteiger charge is -2.18. The number of carbonyl (C=O) groups is 2. The Kier molecular flexibility index (Phi) is 5.04. The number of amides is 2. The van der Waals surface area contributed by atoms with Gasteiger partial charge < -0.3 is 11.1 Å². The van der Waals surface area contributed by atoms with Crippen LogP contribution < -0.4 is 11.1 Å². The quantitative estimate of drug-likeness (QED) is 0.633. The molecule has 108 valence electrons. The standard InChI is InChI=1S/C12H14ClN3O4/c1-6(2)10(11(14)17)15-12(18)7-3-4-8(13)9(5-7)16(19)20/h3-6,10H,1-2H3,(H2,14,17)(H,15,18). The Labute approximate surface area is 120 Å². The van der Waals surface area contributed by atoms with E-state index < -0.39 is 22.8 Å². The average molecular weight is 300 g/mol. The molecule has 7 nitrogen and oxygen atoms in total. The topological polar surface area (TPSA) is 115 Å². The first-order valence-electron chi connectivity index (χ1n) is 5.78. The van der Waals surface area contributed by atoms with E-state index in [-0.39, 0.29) is 22.2 Å². The summed E-state index contributed by atoms with van der Waals surface area (Å²) in [5, 5.41) is 13.1. The Hall–Kier alpha value is -2.15. The zero-order chi connectivity index (χ0) is 15.4. The summed E-state index contributed by atoms with van der Waals surface area (Å²) in [5.41, 5.74) is 4.84. The lowest BCUT2D eigenvalue weighted by molar-refractivity contribution is -0.384. The van der Waals surface area contributed by atoms with E-state index in [1.807, 2.05) is 0 Å². The SMILES string of the molecule is CC(C)C(NC(=O)c1ccc(Cl)c([N+](=O)[O-])c1)C(N)=O. The molecule has 1 atom stereocenters. The number of nitrogens with zero attached hydrogens (tertiary/aromatic N) is 1. The van der Waals surface area contributed by atoms with Gasteiger partial charge in [0.15, 0.2) is 0 Å². The van der Waals surface area contributed by atoms with Crippen molar-refractivity contribution in [3.8, 4) is 0 Å². The largest absolute Gasteiger partial charge is 0.368 e.